The number of benzene rings is 1. The molecule has 0 aromatic heterocycles. The standard InChI is InChI=1S/C14H20BrNO2/c1-16(12-5-7-18-8-6-12)10-11-3-4-13(17-2)9-14(11)15/h3-4,9,12H,5-8,10H2,1-2H3. The number of methoxy groups -OCH3 is 1. The van der Waals surface area contributed by atoms with E-state index in [9.17, 15) is 0 Å². The Hall–Kier alpha value is -0.580. The fourth-order valence-corrected chi connectivity index (χ4v) is 2.79. The molecule has 0 N–H and O–H groups in total. The van der Waals surface area contributed by atoms with Crippen molar-refractivity contribution in [2.24, 2.45) is 0 Å². The van der Waals surface area contributed by atoms with Gasteiger partial charge in [-0.1, -0.05) is 22.0 Å². The lowest BCUT2D eigenvalue weighted by Crippen LogP contribution is -2.36. The lowest BCUT2D eigenvalue weighted by Gasteiger charge is -2.31. The zero-order valence-corrected chi connectivity index (χ0v) is 12.6. The molecule has 0 spiro atoms. The Morgan fingerprint density at radius 2 is 2.11 bits per heavy atom. The third kappa shape index (κ3) is 3.46. The SMILES string of the molecule is COc1ccc(CN(C)C2CCOCC2)c(Br)c1. The number of ether oxygens (including phenoxy) is 2. The second kappa shape index (κ2) is 6.55. The van der Waals surface area contributed by atoms with E-state index in [0.29, 0.717) is 6.04 Å². The Bertz CT molecular complexity index is 391. The number of rotatable bonds is 4. The Morgan fingerprint density at radius 3 is 2.72 bits per heavy atom. The molecule has 1 aliphatic rings. The van der Waals surface area contributed by atoms with Crippen LogP contribution >= 0.6 is 15.9 Å². The molecule has 1 heterocycles. The number of halogens is 1. The van der Waals surface area contributed by atoms with Gasteiger partial charge in [0.05, 0.1) is 7.11 Å². The van der Waals surface area contributed by atoms with Gasteiger partial charge in [-0.2, -0.15) is 0 Å². The quantitative estimate of drug-likeness (QED) is 0.852. The lowest BCUT2D eigenvalue weighted by atomic mass is 10.1. The average molecular weight is 314 g/mol. The highest BCUT2D eigenvalue weighted by atomic mass is 79.9. The number of hydrogen-bond donors (Lipinski definition) is 0. The van der Waals surface area contributed by atoms with Crippen LogP contribution in [0.25, 0.3) is 0 Å². The predicted molar refractivity (Wildman–Crippen MR) is 76.0 cm³/mol. The molecule has 1 aromatic carbocycles. The highest BCUT2D eigenvalue weighted by Crippen LogP contribution is 2.25. The normalized spacial score (nSPS) is 17.1. The summed E-state index contributed by atoms with van der Waals surface area (Å²) in [6.45, 7) is 2.73. The van der Waals surface area contributed by atoms with Gasteiger partial charge >= 0.3 is 0 Å². The molecule has 1 aliphatic heterocycles. The van der Waals surface area contributed by atoms with Gasteiger partial charge < -0.3 is 9.47 Å². The van der Waals surface area contributed by atoms with Crippen LogP contribution in [0.4, 0.5) is 0 Å². The molecule has 0 radical (unpaired) electrons. The van der Waals surface area contributed by atoms with Crippen LogP contribution in [-0.2, 0) is 11.3 Å². The van der Waals surface area contributed by atoms with Crippen molar-refractivity contribution < 1.29 is 9.47 Å². The Kier molecular flexibility index (Phi) is 5.03. The van der Waals surface area contributed by atoms with Crippen molar-refractivity contribution >= 4 is 15.9 Å². The second-order valence-corrected chi connectivity index (χ2v) is 5.57. The van der Waals surface area contributed by atoms with Gasteiger partial charge in [-0.15, -0.1) is 0 Å². The van der Waals surface area contributed by atoms with Gasteiger partial charge in [-0.3, -0.25) is 4.90 Å². The molecule has 0 aliphatic carbocycles. The minimum absolute atomic E-state index is 0.632. The van der Waals surface area contributed by atoms with Crippen molar-refractivity contribution in [3.05, 3.63) is 28.2 Å². The molecule has 2 rings (SSSR count). The molecule has 1 fully saturated rings. The summed E-state index contributed by atoms with van der Waals surface area (Å²) in [5.41, 5.74) is 1.30. The van der Waals surface area contributed by atoms with E-state index in [1.807, 2.05) is 12.1 Å². The largest absolute Gasteiger partial charge is 0.497 e. The molecule has 4 heteroatoms. The highest BCUT2D eigenvalue weighted by Gasteiger charge is 2.19. The number of nitrogens with zero attached hydrogens (tertiary/aromatic N) is 1. The first-order valence-electron chi connectivity index (χ1n) is 6.31. The molecule has 1 aromatic rings. The molecule has 0 bridgehead atoms. The topological polar surface area (TPSA) is 21.7 Å². The zero-order valence-electron chi connectivity index (χ0n) is 11.0. The van der Waals surface area contributed by atoms with Gasteiger partial charge in [-0.25, -0.2) is 0 Å². The zero-order chi connectivity index (χ0) is 13.0. The Morgan fingerprint density at radius 1 is 1.39 bits per heavy atom. The van der Waals surface area contributed by atoms with Crippen LogP contribution in [0.5, 0.6) is 5.75 Å². The molecule has 100 valence electrons. The van der Waals surface area contributed by atoms with E-state index in [2.05, 4.69) is 33.9 Å². The molecule has 0 saturated carbocycles. The summed E-state index contributed by atoms with van der Waals surface area (Å²) < 4.78 is 11.7. The predicted octanol–water partition coefficient (Wildman–Crippen LogP) is 3.07. The first-order chi connectivity index (χ1) is 8.70. The first kappa shape index (κ1) is 13.8. The van der Waals surface area contributed by atoms with Crippen LogP contribution < -0.4 is 4.74 Å². The van der Waals surface area contributed by atoms with Crippen molar-refractivity contribution in [2.45, 2.75) is 25.4 Å². The molecule has 0 unspecified atom stereocenters. The molecule has 0 amide bonds. The van der Waals surface area contributed by atoms with Gasteiger partial charge in [0.1, 0.15) is 5.75 Å². The fraction of sp³-hybridized carbons (Fsp3) is 0.571. The first-order valence-corrected chi connectivity index (χ1v) is 7.10. The Balaban J connectivity index is 1.99. The maximum atomic E-state index is 5.40. The van der Waals surface area contributed by atoms with Crippen LogP contribution in [0.3, 0.4) is 0 Å². The van der Waals surface area contributed by atoms with Gasteiger partial charge in [0.25, 0.3) is 0 Å². The smallest absolute Gasteiger partial charge is 0.120 e. The summed E-state index contributed by atoms with van der Waals surface area (Å²) in [4.78, 5) is 2.41. The van der Waals surface area contributed by atoms with Crippen LogP contribution in [0.15, 0.2) is 22.7 Å². The average Bonchev–Trinajstić information content (AvgIpc) is 2.42. The van der Waals surface area contributed by atoms with Crippen LogP contribution in [0.2, 0.25) is 0 Å². The fourth-order valence-electron chi connectivity index (χ4n) is 2.31. The van der Waals surface area contributed by atoms with E-state index < -0.39 is 0 Å². The minimum atomic E-state index is 0.632. The third-order valence-electron chi connectivity index (χ3n) is 3.49. The summed E-state index contributed by atoms with van der Waals surface area (Å²) in [6, 6.07) is 6.79. The van der Waals surface area contributed by atoms with Crippen molar-refractivity contribution in [3.8, 4) is 5.75 Å². The third-order valence-corrected chi connectivity index (χ3v) is 4.23. The van der Waals surface area contributed by atoms with Crippen LogP contribution in [0, 0.1) is 0 Å². The van der Waals surface area contributed by atoms with Crippen molar-refractivity contribution in [1.29, 1.82) is 0 Å². The van der Waals surface area contributed by atoms with Gasteiger partial charge in [0.2, 0.25) is 0 Å². The van der Waals surface area contributed by atoms with Crippen molar-refractivity contribution in [2.75, 3.05) is 27.4 Å². The summed E-state index contributed by atoms with van der Waals surface area (Å²) in [5, 5.41) is 0. The van der Waals surface area contributed by atoms with E-state index in [-0.39, 0.29) is 0 Å². The Labute approximate surface area is 117 Å². The number of hydrogen-bond acceptors (Lipinski definition) is 3. The van der Waals surface area contributed by atoms with E-state index >= 15 is 0 Å². The van der Waals surface area contributed by atoms with Crippen molar-refractivity contribution in [3.63, 3.8) is 0 Å². The molecule has 18 heavy (non-hydrogen) atoms. The van der Waals surface area contributed by atoms with Gasteiger partial charge in [0, 0.05) is 30.3 Å². The lowest BCUT2D eigenvalue weighted by molar-refractivity contribution is 0.0406. The van der Waals surface area contributed by atoms with E-state index in [4.69, 9.17) is 9.47 Å². The van der Waals surface area contributed by atoms with Crippen LogP contribution in [-0.4, -0.2) is 38.3 Å². The molecule has 3 nitrogen and oxygen atoms in total. The monoisotopic (exact) mass is 313 g/mol. The summed E-state index contributed by atoms with van der Waals surface area (Å²) in [6.07, 6.45) is 2.26. The van der Waals surface area contributed by atoms with Crippen LogP contribution in [0.1, 0.15) is 18.4 Å². The summed E-state index contributed by atoms with van der Waals surface area (Å²) >= 11 is 3.61. The summed E-state index contributed by atoms with van der Waals surface area (Å²) in [7, 11) is 3.88. The molecule has 0 atom stereocenters. The second-order valence-electron chi connectivity index (χ2n) is 4.72. The maximum Gasteiger partial charge on any atom is 0.120 e. The van der Waals surface area contributed by atoms with Gasteiger partial charge in [-0.05, 0) is 37.6 Å². The molecular weight excluding hydrogens is 294 g/mol. The van der Waals surface area contributed by atoms with Crippen molar-refractivity contribution in [1.82, 2.24) is 4.90 Å². The maximum absolute atomic E-state index is 5.40. The summed E-state index contributed by atoms with van der Waals surface area (Å²) in [5.74, 6) is 0.888. The van der Waals surface area contributed by atoms with E-state index in [0.717, 1.165) is 42.8 Å². The minimum Gasteiger partial charge on any atom is -0.497 e. The van der Waals surface area contributed by atoms with E-state index in [1.54, 1.807) is 7.11 Å². The molecular formula is C14H20BrNO2. The van der Waals surface area contributed by atoms with Gasteiger partial charge in [0.15, 0.2) is 0 Å². The van der Waals surface area contributed by atoms with E-state index in [1.165, 1.54) is 5.56 Å². The molecule has 1 saturated heterocycles. The highest BCUT2D eigenvalue weighted by molar-refractivity contribution is 9.10.